The number of carbonyl (C=O) groups excluding carboxylic acids is 2. The predicted octanol–water partition coefficient (Wildman–Crippen LogP) is 3.31. The molecule has 0 aliphatic rings. The highest BCUT2D eigenvalue weighted by molar-refractivity contribution is 7.90. The molecule has 28 heavy (non-hydrogen) atoms. The second-order valence-electron chi connectivity index (χ2n) is 6.09. The van der Waals surface area contributed by atoms with E-state index in [1.54, 1.807) is 24.3 Å². The second-order valence-corrected chi connectivity index (χ2v) is 8.21. The van der Waals surface area contributed by atoms with Gasteiger partial charge in [-0.3, -0.25) is 4.79 Å². The normalized spacial score (nSPS) is 10.9. The summed E-state index contributed by atoms with van der Waals surface area (Å²) in [5.74, 6) is -0.244. The van der Waals surface area contributed by atoms with Crippen LogP contribution in [0.5, 0.6) is 0 Å². The van der Waals surface area contributed by atoms with Crippen LogP contribution < -0.4 is 15.4 Å². The minimum atomic E-state index is -3.98. The molecule has 0 saturated heterocycles. The van der Waals surface area contributed by atoms with Gasteiger partial charge in [-0.15, -0.1) is 0 Å². The van der Waals surface area contributed by atoms with Gasteiger partial charge in [-0.25, -0.2) is 17.9 Å². The zero-order valence-electron chi connectivity index (χ0n) is 15.4. The maximum atomic E-state index is 12.2. The first-order valence-corrected chi connectivity index (χ1v) is 10.6. The van der Waals surface area contributed by atoms with Crippen molar-refractivity contribution in [3.05, 3.63) is 59.1 Å². The molecule has 0 aromatic heterocycles. The summed E-state index contributed by atoms with van der Waals surface area (Å²) in [5, 5.41) is 5.76. The summed E-state index contributed by atoms with van der Waals surface area (Å²) in [6.45, 7) is 2.36. The van der Waals surface area contributed by atoms with Gasteiger partial charge in [-0.05, 0) is 48.4 Å². The lowest BCUT2D eigenvalue weighted by atomic mass is 10.1. The molecule has 2 aromatic carbocycles. The minimum absolute atomic E-state index is 0.0751. The smallest absolute Gasteiger partial charge is 0.328 e. The van der Waals surface area contributed by atoms with Crippen molar-refractivity contribution in [3.8, 4) is 0 Å². The van der Waals surface area contributed by atoms with Crippen LogP contribution in [0.4, 0.5) is 10.5 Å². The fourth-order valence-corrected chi connectivity index (χ4v) is 3.36. The lowest BCUT2D eigenvalue weighted by Crippen LogP contribution is -2.39. The Hall–Kier alpha value is -2.58. The third kappa shape index (κ3) is 6.86. The number of halogens is 1. The van der Waals surface area contributed by atoms with E-state index in [0.717, 1.165) is 18.4 Å². The van der Waals surface area contributed by atoms with E-state index >= 15 is 0 Å². The molecule has 3 N–H and O–H groups in total. The van der Waals surface area contributed by atoms with Gasteiger partial charge in [0.25, 0.3) is 10.0 Å². The van der Waals surface area contributed by atoms with Crippen molar-refractivity contribution in [1.29, 1.82) is 0 Å². The molecule has 0 radical (unpaired) electrons. The Morgan fingerprint density at radius 2 is 1.64 bits per heavy atom. The van der Waals surface area contributed by atoms with Gasteiger partial charge < -0.3 is 10.6 Å². The third-order valence-corrected chi connectivity index (χ3v) is 5.37. The standard InChI is InChI=1S/C19H22ClN3O4S/c1-2-3-12-21-19(25)23-28(26,27)17-10-8-16(9-11-17)22-18(24)13-14-4-6-15(20)7-5-14/h4-11H,2-3,12-13H2,1H3,(H,22,24)(H2,21,23,25). The number of hydrogen-bond donors (Lipinski definition) is 3. The van der Waals surface area contributed by atoms with Crippen molar-refractivity contribution in [2.75, 3.05) is 11.9 Å². The fraction of sp³-hybridized carbons (Fsp3) is 0.263. The molecule has 0 aliphatic carbocycles. The Bertz CT molecular complexity index is 913. The Kier molecular flexibility index (Phi) is 7.83. The molecule has 0 fully saturated rings. The summed E-state index contributed by atoms with van der Waals surface area (Å²) in [7, 11) is -3.98. The van der Waals surface area contributed by atoms with Gasteiger partial charge in [0, 0.05) is 17.3 Å². The average Bonchev–Trinajstić information content (AvgIpc) is 2.64. The largest absolute Gasteiger partial charge is 0.337 e. The van der Waals surface area contributed by atoms with Crippen molar-refractivity contribution < 1.29 is 18.0 Å². The molecule has 0 bridgehead atoms. The van der Waals surface area contributed by atoms with E-state index in [-0.39, 0.29) is 17.2 Å². The van der Waals surface area contributed by atoms with Gasteiger partial charge in [-0.1, -0.05) is 37.1 Å². The molecule has 0 unspecified atom stereocenters. The van der Waals surface area contributed by atoms with Gasteiger partial charge in [0.2, 0.25) is 5.91 Å². The van der Waals surface area contributed by atoms with E-state index in [2.05, 4.69) is 10.6 Å². The van der Waals surface area contributed by atoms with Crippen molar-refractivity contribution in [2.24, 2.45) is 0 Å². The van der Waals surface area contributed by atoms with Crippen LogP contribution in [0, 0.1) is 0 Å². The van der Waals surface area contributed by atoms with Crippen molar-refractivity contribution in [1.82, 2.24) is 10.0 Å². The van der Waals surface area contributed by atoms with Crippen LogP contribution in [0.15, 0.2) is 53.4 Å². The van der Waals surface area contributed by atoms with E-state index in [1.165, 1.54) is 24.3 Å². The van der Waals surface area contributed by atoms with E-state index in [9.17, 15) is 18.0 Å². The summed E-state index contributed by atoms with van der Waals surface area (Å²) in [5.41, 5.74) is 1.25. The predicted molar refractivity (Wildman–Crippen MR) is 109 cm³/mol. The van der Waals surface area contributed by atoms with Crippen LogP contribution >= 0.6 is 11.6 Å². The number of nitrogens with one attached hydrogen (secondary N) is 3. The molecule has 0 atom stereocenters. The monoisotopic (exact) mass is 423 g/mol. The number of unbranched alkanes of at least 4 members (excludes halogenated alkanes) is 1. The lowest BCUT2D eigenvalue weighted by molar-refractivity contribution is -0.115. The quantitative estimate of drug-likeness (QED) is 0.566. The van der Waals surface area contributed by atoms with Gasteiger partial charge >= 0.3 is 6.03 Å². The Labute approximate surface area is 169 Å². The fourth-order valence-electron chi connectivity index (χ4n) is 2.31. The maximum Gasteiger partial charge on any atom is 0.328 e. The summed E-state index contributed by atoms with van der Waals surface area (Å²) in [6, 6.07) is 11.7. The highest BCUT2D eigenvalue weighted by atomic mass is 35.5. The molecular weight excluding hydrogens is 402 g/mol. The number of anilines is 1. The first kappa shape index (κ1) is 21.7. The Morgan fingerprint density at radius 1 is 1.00 bits per heavy atom. The molecule has 0 saturated carbocycles. The number of amides is 3. The Morgan fingerprint density at radius 3 is 2.25 bits per heavy atom. The second kappa shape index (κ2) is 10.1. The zero-order chi connectivity index (χ0) is 20.6. The molecule has 9 heteroatoms. The van der Waals surface area contributed by atoms with Gasteiger partial charge in [0.05, 0.1) is 11.3 Å². The van der Waals surface area contributed by atoms with Gasteiger partial charge in [0.1, 0.15) is 0 Å². The SMILES string of the molecule is CCCCNC(=O)NS(=O)(=O)c1ccc(NC(=O)Cc2ccc(Cl)cc2)cc1. The van der Waals surface area contributed by atoms with Crippen molar-refractivity contribution in [2.45, 2.75) is 31.1 Å². The first-order valence-electron chi connectivity index (χ1n) is 8.75. The number of hydrogen-bond acceptors (Lipinski definition) is 4. The Balaban J connectivity index is 1.93. The summed E-state index contributed by atoms with van der Waals surface area (Å²) in [6.07, 6.45) is 1.81. The number of sulfonamides is 1. The van der Waals surface area contributed by atoms with Crippen LogP contribution in [0.3, 0.4) is 0 Å². The molecule has 2 aromatic rings. The summed E-state index contributed by atoms with van der Waals surface area (Å²) < 4.78 is 26.4. The van der Waals surface area contributed by atoms with Crippen LogP contribution in [0.25, 0.3) is 0 Å². The molecular formula is C19H22ClN3O4S. The molecule has 0 aliphatic heterocycles. The first-order chi connectivity index (χ1) is 13.3. The van der Waals surface area contributed by atoms with E-state index < -0.39 is 16.1 Å². The van der Waals surface area contributed by atoms with E-state index in [1.807, 2.05) is 11.6 Å². The number of rotatable bonds is 8. The lowest BCUT2D eigenvalue weighted by Gasteiger charge is -2.10. The van der Waals surface area contributed by atoms with E-state index in [4.69, 9.17) is 11.6 Å². The van der Waals surface area contributed by atoms with Crippen molar-refractivity contribution in [3.63, 3.8) is 0 Å². The highest BCUT2D eigenvalue weighted by Gasteiger charge is 2.17. The molecule has 7 nitrogen and oxygen atoms in total. The molecule has 0 heterocycles. The minimum Gasteiger partial charge on any atom is -0.337 e. The maximum absolute atomic E-state index is 12.2. The number of benzene rings is 2. The molecule has 3 amide bonds. The van der Waals surface area contributed by atoms with Gasteiger partial charge in [0.15, 0.2) is 0 Å². The molecule has 2 rings (SSSR count). The summed E-state index contributed by atoms with van der Waals surface area (Å²) in [4.78, 5) is 23.7. The van der Waals surface area contributed by atoms with Crippen LogP contribution in [0.1, 0.15) is 25.3 Å². The van der Waals surface area contributed by atoms with Gasteiger partial charge in [-0.2, -0.15) is 0 Å². The number of urea groups is 1. The molecule has 150 valence electrons. The topological polar surface area (TPSA) is 104 Å². The van der Waals surface area contributed by atoms with E-state index in [0.29, 0.717) is 17.3 Å². The van der Waals surface area contributed by atoms with Crippen LogP contribution in [0.2, 0.25) is 5.02 Å². The number of carbonyl (C=O) groups is 2. The summed E-state index contributed by atoms with van der Waals surface area (Å²) >= 11 is 5.81. The van der Waals surface area contributed by atoms with Crippen LogP contribution in [-0.2, 0) is 21.2 Å². The third-order valence-electron chi connectivity index (χ3n) is 3.77. The van der Waals surface area contributed by atoms with Crippen molar-refractivity contribution >= 4 is 39.2 Å². The molecule has 0 spiro atoms. The highest BCUT2D eigenvalue weighted by Crippen LogP contribution is 2.15. The zero-order valence-corrected chi connectivity index (χ0v) is 16.9. The van der Waals surface area contributed by atoms with Crippen LogP contribution in [-0.4, -0.2) is 26.9 Å². The average molecular weight is 424 g/mol.